The first kappa shape index (κ1) is 13.5. The van der Waals surface area contributed by atoms with E-state index in [0.717, 1.165) is 12.0 Å². The van der Waals surface area contributed by atoms with Gasteiger partial charge in [0, 0.05) is 0 Å². The lowest BCUT2D eigenvalue weighted by Gasteiger charge is -2.20. The highest BCUT2D eigenvalue weighted by molar-refractivity contribution is 5.50. The Kier molecular flexibility index (Phi) is 4.15. The summed E-state index contributed by atoms with van der Waals surface area (Å²) in [6, 6.07) is 12.3. The van der Waals surface area contributed by atoms with Gasteiger partial charge in [-0.1, -0.05) is 43.3 Å². The van der Waals surface area contributed by atoms with Gasteiger partial charge in [-0.3, -0.25) is 0 Å². The lowest BCUT2D eigenvalue weighted by atomic mass is 10.0. The summed E-state index contributed by atoms with van der Waals surface area (Å²) in [5, 5.41) is 2.97. The molecule has 19 heavy (non-hydrogen) atoms. The molecule has 3 heteroatoms. The molecule has 2 rings (SSSR count). The molecule has 0 spiro atoms. The molecule has 1 atom stereocenters. The molecule has 0 aliphatic carbocycles. The van der Waals surface area contributed by atoms with Crippen molar-refractivity contribution in [1.29, 1.82) is 0 Å². The second-order valence-electron chi connectivity index (χ2n) is 4.57. The van der Waals surface area contributed by atoms with E-state index in [1.54, 1.807) is 6.92 Å². The molecular formula is C16H17F2N. The third-order valence-corrected chi connectivity index (χ3v) is 3.21. The fourth-order valence-electron chi connectivity index (χ4n) is 2.07. The van der Waals surface area contributed by atoms with E-state index >= 15 is 0 Å². The molecule has 0 amide bonds. The zero-order valence-electron chi connectivity index (χ0n) is 11.1. The van der Waals surface area contributed by atoms with Crippen molar-refractivity contribution in [1.82, 2.24) is 0 Å². The van der Waals surface area contributed by atoms with Crippen molar-refractivity contribution in [3.8, 4) is 0 Å². The van der Waals surface area contributed by atoms with Crippen LogP contribution in [0.2, 0.25) is 0 Å². The van der Waals surface area contributed by atoms with Gasteiger partial charge >= 0.3 is 0 Å². The number of benzene rings is 2. The highest BCUT2D eigenvalue weighted by Crippen LogP contribution is 2.28. The molecule has 0 radical (unpaired) electrons. The summed E-state index contributed by atoms with van der Waals surface area (Å²) >= 11 is 0. The minimum atomic E-state index is -0.558. The van der Waals surface area contributed by atoms with Crippen LogP contribution in [0.25, 0.3) is 0 Å². The van der Waals surface area contributed by atoms with Crippen LogP contribution in [0.15, 0.2) is 42.5 Å². The van der Waals surface area contributed by atoms with Gasteiger partial charge in [0.2, 0.25) is 0 Å². The molecule has 0 heterocycles. The Bertz CT molecular complexity index is 552. The van der Waals surface area contributed by atoms with Gasteiger partial charge in [0.25, 0.3) is 0 Å². The summed E-state index contributed by atoms with van der Waals surface area (Å²) in [6.45, 7) is 3.61. The predicted octanol–water partition coefficient (Wildman–Crippen LogP) is 4.84. The molecule has 2 aromatic rings. The zero-order chi connectivity index (χ0) is 13.8. The topological polar surface area (TPSA) is 12.0 Å². The molecule has 0 aromatic heterocycles. The summed E-state index contributed by atoms with van der Waals surface area (Å²) in [7, 11) is 0. The molecule has 0 aliphatic heterocycles. The maximum absolute atomic E-state index is 14.0. The molecule has 1 unspecified atom stereocenters. The Morgan fingerprint density at radius 3 is 2.37 bits per heavy atom. The fourth-order valence-corrected chi connectivity index (χ4v) is 2.07. The Labute approximate surface area is 112 Å². The van der Waals surface area contributed by atoms with Crippen molar-refractivity contribution in [2.75, 3.05) is 5.32 Å². The van der Waals surface area contributed by atoms with Crippen LogP contribution in [0.5, 0.6) is 0 Å². The molecule has 2 aromatic carbocycles. The van der Waals surface area contributed by atoms with Crippen molar-refractivity contribution in [2.24, 2.45) is 0 Å². The monoisotopic (exact) mass is 261 g/mol. The Morgan fingerprint density at radius 2 is 1.74 bits per heavy atom. The quantitative estimate of drug-likeness (QED) is 0.830. The van der Waals surface area contributed by atoms with Gasteiger partial charge in [0.15, 0.2) is 5.82 Å². The van der Waals surface area contributed by atoms with E-state index in [0.29, 0.717) is 5.56 Å². The third kappa shape index (κ3) is 2.92. The first-order valence-corrected chi connectivity index (χ1v) is 6.39. The number of hydrogen-bond acceptors (Lipinski definition) is 1. The summed E-state index contributed by atoms with van der Waals surface area (Å²) in [4.78, 5) is 0. The smallest absolute Gasteiger partial charge is 0.152 e. The summed E-state index contributed by atoms with van der Waals surface area (Å²) in [6.07, 6.45) is 0.747. The standard InChI is InChI=1S/C16H17F2N/c1-3-14(12-7-5-4-6-8-12)19-16-13(17)10-9-11(2)15(16)18/h4-10,14,19H,3H2,1-2H3. The van der Waals surface area contributed by atoms with Gasteiger partial charge in [-0.2, -0.15) is 0 Å². The number of hydrogen-bond donors (Lipinski definition) is 1. The van der Waals surface area contributed by atoms with Gasteiger partial charge in [0.1, 0.15) is 11.5 Å². The largest absolute Gasteiger partial charge is 0.373 e. The van der Waals surface area contributed by atoms with E-state index in [4.69, 9.17) is 0 Å². The minimum Gasteiger partial charge on any atom is -0.373 e. The number of rotatable bonds is 4. The zero-order valence-corrected chi connectivity index (χ0v) is 11.1. The third-order valence-electron chi connectivity index (χ3n) is 3.21. The lowest BCUT2D eigenvalue weighted by molar-refractivity contribution is 0.575. The molecule has 0 saturated heterocycles. The van der Waals surface area contributed by atoms with Gasteiger partial charge in [-0.05, 0) is 30.5 Å². The fraction of sp³-hybridized carbons (Fsp3) is 0.250. The molecule has 1 nitrogen and oxygen atoms in total. The van der Waals surface area contributed by atoms with E-state index in [1.165, 1.54) is 12.1 Å². The van der Waals surface area contributed by atoms with Crippen LogP contribution >= 0.6 is 0 Å². The van der Waals surface area contributed by atoms with Gasteiger partial charge in [0.05, 0.1) is 6.04 Å². The first-order chi connectivity index (χ1) is 9.13. The van der Waals surface area contributed by atoms with Crippen molar-refractivity contribution < 1.29 is 8.78 Å². The highest BCUT2D eigenvalue weighted by Gasteiger charge is 2.16. The van der Waals surface area contributed by atoms with Crippen molar-refractivity contribution >= 4 is 5.69 Å². The Morgan fingerprint density at radius 1 is 1.05 bits per heavy atom. The van der Waals surface area contributed by atoms with E-state index < -0.39 is 11.6 Å². The van der Waals surface area contributed by atoms with E-state index in [-0.39, 0.29) is 11.7 Å². The van der Waals surface area contributed by atoms with E-state index in [2.05, 4.69) is 5.32 Å². The van der Waals surface area contributed by atoms with Gasteiger partial charge in [-0.25, -0.2) is 8.78 Å². The van der Waals surface area contributed by atoms with Crippen LogP contribution in [-0.4, -0.2) is 0 Å². The molecule has 0 bridgehead atoms. The summed E-state index contributed by atoms with van der Waals surface area (Å²) in [5.41, 5.74) is 1.41. The normalized spacial score (nSPS) is 12.2. The minimum absolute atomic E-state index is 0.0456. The molecule has 100 valence electrons. The van der Waals surface area contributed by atoms with Crippen LogP contribution in [0.3, 0.4) is 0 Å². The van der Waals surface area contributed by atoms with E-state index in [9.17, 15) is 8.78 Å². The van der Waals surface area contributed by atoms with Crippen LogP contribution in [0.4, 0.5) is 14.5 Å². The number of aryl methyl sites for hydroxylation is 1. The number of nitrogens with one attached hydrogen (secondary N) is 1. The average molecular weight is 261 g/mol. The van der Waals surface area contributed by atoms with E-state index in [1.807, 2.05) is 37.3 Å². The lowest BCUT2D eigenvalue weighted by Crippen LogP contribution is -2.12. The number of halogens is 2. The van der Waals surface area contributed by atoms with Crippen molar-refractivity contribution in [3.63, 3.8) is 0 Å². The molecule has 0 fully saturated rings. The maximum atomic E-state index is 14.0. The van der Waals surface area contributed by atoms with Crippen molar-refractivity contribution in [3.05, 3.63) is 65.2 Å². The molecular weight excluding hydrogens is 244 g/mol. The predicted molar refractivity (Wildman–Crippen MR) is 74.2 cm³/mol. The van der Waals surface area contributed by atoms with Gasteiger partial charge < -0.3 is 5.32 Å². The maximum Gasteiger partial charge on any atom is 0.152 e. The summed E-state index contributed by atoms with van der Waals surface area (Å²) in [5.74, 6) is -1.08. The number of anilines is 1. The highest BCUT2D eigenvalue weighted by atomic mass is 19.1. The first-order valence-electron chi connectivity index (χ1n) is 6.39. The molecule has 0 saturated carbocycles. The Balaban J connectivity index is 2.32. The van der Waals surface area contributed by atoms with Crippen LogP contribution in [0, 0.1) is 18.6 Å². The SMILES string of the molecule is CCC(Nc1c(F)ccc(C)c1F)c1ccccc1. The molecule has 1 N–H and O–H groups in total. The Hall–Kier alpha value is -1.90. The van der Waals surface area contributed by atoms with Crippen LogP contribution in [-0.2, 0) is 0 Å². The summed E-state index contributed by atoms with van der Waals surface area (Å²) < 4.78 is 27.7. The van der Waals surface area contributed by atoms with Crippen molar-refractivity contribution in [2.45, 2.75) is 26.3 Å². The second kappa shape index (κ2) is 5.83. The molecule has 0 aliphatic rings. The van der Waals surface area contributed by atoms with Gasteiger partial charge in [-0.15, -0.1) is 0 Å². The van der Waals surface area contributed by atoms with Crippen LogP contribution in [0.1, 0.15) is 30.5 Å². The van der Waals surface area contributed by atoms with Crippen LogP contribution < -0.4 is 5.32 Å². The average Bonchev–Trinajstić information content (AvgIpc) is 2.44. The second-order valence-corrected chi connectivity index (χ2v) is 4.57.